The van der Waals surface area contributed by atoms with Gasteiger partial charge >= 0.3 is 0 Å². The molecule has 2 N–H and O–H groups in total. The fourth-order valence-corrected chi connectivity index (χ4v) is 5.49. The number of hydrogen-bond donors (Lipinski definition) is 2. The molecule has 1 amide bonds. The molecular formula is C31H54N2O4. The lowest BCUT2D eigenvalue weighted by Gasteiger charge is -2.42. The number of hydrogen-bond acceptors (Lipinski definition) is 5. The minimum atomic E-state index is -1.06. The molecule has 1 aliphatic heterocycles. The van der Waals surface area contributed by atoms with Crippen LogP contribution in [0.15, 0.2) is 30.3 Å². The third kappa shape index (κ3) is 11.3. The van der Waals surface area contributed by atoms with Gasteiger partial charge < -0.3 is 15.3 Å². The van der Waals surface area contributed by atoms with Crippen LogP contribution in [0.5, 0.6) is 0 Å². The van der Waals surface area contributed by atoms with E-state index in [0.29, 0.717) is 19.4 Å². The molecule has 2 rings (SSSR count). The van der Waals surface area contributed by atoms with Gasteiger partial charge in [0.15, 0.2) is 0 Å². The smallest absolute Gasteiger partial charge is 0.255 e. The van der Waals surface area contributed by atoms with E-state index in [4.69, 9.17) is 9.78 Å². The molecule has 1 aliphatic rings. The number of aliphatic hydroxyl groups is 1. The normalized spacial score (nSPS) is 19.4. The number of carbonyl (C=O) groups is 1. The fraction of sp³-hybridized carbons (Fsp3) is 0.774. The molecule has 0 radical (unpaired) electrons. The lowest BCUT2D eigenvalue weighted by atomic mass is 9.96. The van der Waals surface area contributed by atoms with Gasteiger partial charge in [-0.05, 0) is 44.7 Å². The van der Waals surface area contributed by atoms with Crippen molar-refractivity contribution in [1.29, 1.82) is 0 Å². The molecule has 1 saturated heterocycles. The van der Waals surface area contributed by atoms with Gasteiger partial charge in [-0.25, -0.2) is 4.89 Å². The molecule has 1 aromatic carbocycles. The van der Waals surface area contributed by atoms with Gasteiger partial charge in [0.2, 0.25) is 5.91 Å². The lowest BCUT2D eigenvalue weighted by molar-refractivity contribution is -0.372. The largest absolute Gasteiger partial charge is 0.396 e. The first-order valence-electron chi connectivity index (χ1n) is 15.2. The van der Waals surface area contributed by atoms with Gasteiger partial charge in [0.25, 0.3) is 5.85 Å². The number of para-hydroxylation sites is 1. The van der Waals surface area contributed by atoms with Crippen molar-refractivity contribution in [2.24, 2.45) is 5.92 Å². The summed E-state index contributed by atoms with van der Waals surface area (Å²) in [7, 11) is 0. The van der Waals surface area contributed by atoms with Crippen molar-refractivity contribution >= 4 is 11.6 Å². The van der Waals surface area contributed by atoms with E-state index in [-0.39, 0.29) is 18.4 Å². The summed E-state index contributed by atoms with van der Waals surface area (Å²) < 4.78 is 0. The van der Waals surface area contributed by atoms with E-state index in [2.05, 4.69) is 17.1 Å². The molecule has 0 aromatic heterocycles. The van der Waals surface area contributed by atoms with Crippen LogP contribution in [-0.4, -0.2) is 36.6 Å². The molecule has 37 heavy (non-hydrogen) atoms. The first kappa shape index (κ1) is 31.6. The minimum Gasteiger partial charge on any atom is -0.396 e. The van der Waals surface area contributed by atoms with E-state index < -0.39 is 5.85 Å². The maximum Gasteiger partial charge on any atom is 0.255 e. The monoisotopic (exact) mass is 518 g/mol. The maximum absolute atomic E-state index is 13.1. The molecule has 0 saturated carbocycles. The Morgan fingerprint density at radius 1 is 0.919 bits per heavy atom. The second-order valence-electron chi connectivity index (χ2n) is 10.6. The van der Waals surface area contributed by atoms with Crippen molar-refractivity contribution in [1.82, 2.24) is 5.32 Å². The van der Waals surface area contributed by atoms with E-state index in [0.717, 1.165) is 37.9 Å². The summed E-state index contributed by atoms with van der Waals surface area (Å²) in [6.07, 6.45) is 19.5. The quantitative estimate of drug-likeness (QED) is 0.0719. The molecule has 2 unspecified atom stereocenters. The van der Waals surface area contributed by atoms with Crippen LogP contribution in [0.1, 0.15) is 123 Å². The molecule has 2 atom stereocenters. The van der Waals surface area contributed by atoms with Crippen molar-refractivity contribution in [3.05, 3.63) is 30.3 Å². The van der Waals surface area contributed by atoms with Crippen molar-refractivity contribution in [3.8, 4) is 0 Å². The number of unbranched alkanes of at least 4 members (excludes halogenated alkanes) is 12. The van der Waals surface area contributed by atoms with Gasteiger partial charge in [-0.15, -0.1) is 0 Å². The highest BCUT2D eigenvalue weighted by atomic mass is 17.2. The van der Waals surface area contributed by atoms with E-state index in [9.17, 15) is 9.90 Å². The molecule has 212 valence electrons. The maximum atomic E-state index is 13.1. The number of rotatable bonds is 22. The number of anilines is 1. The molecule has 6 heteroatoms. The fourth-order valence-electron chi connectivity index (χ4n) is 5.49. The van der Waals surface area contributed by atoms with Crippen molar-refractivity contribution < 1.29 is 19.7 Å². The first-order chi connectivity index (χ1) is 18.2. The van der Waals surface area contributed by atoms with E-state index in [1.807, 2.05) is 37.3 Å². The van der Waals surface area contributed by atoms with Gasteiger partial charge in [-0.2, -0.15) is 4.89 Å². The molecule has 1 heterocycles. The molecule has 0 spiro atoms. The highest BCUT2D eigenvalue weighted by molar-refractivity contribution is 5.77. The average Bonchev–Trinajstić information content (AvgIpc) is 3.26. The predicted molar refractivity (Wildman–Crippen MR) is 152 cm³/mol. The number of nitrogens with one attached hydrogen (secondary N) is 1. The average molecular weight is 519 g/mol. The second-order valence-corrected chi connectivity index (χ2v) is 10.6. The second kappa shape index (κ2) is 19.4. The van der Waals surface area contributed by atoms with Crippen LogP contribution in [0.2, 0.25) is 0 Å². The Bertz CT molecular complexity index is 702. The summed E-state index contributed by atoms with van der Waals surface area (Å²) in [4.78, 5) is 26.8. The van der Waals surface area contributed by atoms with Crippen LogP contribution < -0.4 is 10.2 Å². The Hall–Kier alpha value is -1.63. The van der Waals surface area contributed by atoms with Gasteiger partial charge in [-0.3, -0.25) is 4.79 Å². The van der Waals surface area contributed by atoms with E-state index in [1.54, 1.807) is 0 Å². The molecule has 0 bridgehead atoms. The standard InChI is InChI=1S/C31H54N2O4/c1-3-5-6-7-8-9-10-11-12-13-14-15-19-24-30(35)32-31(37-36-4-2)28(21-20-27-34)25-26-33(31)29-22-17-16-18-23-29/h16-18,22-23,28,34H,3-15,19-21,24-27H2,1-2H3,(H,32,35). The zero-order valence-corrected chi connectivity index (χ0v) is 23.7. The molecule has 1 fully saturated rings. The number of benzene rings is 1. The number of carbonyl (C=O) groups excluding carboxylic acids is 1. The number of aliphatic hydroxyl groups excluding tert-OH is 1. The van der Waals surface area contributed by atoms with Gasteiger partial charge in [0.05, 0.1) is 6.61 Å². The Morgan fingerprint density at radius 3 is 2.08 bits per heavy atom. The van der Waals surface area contributed by atoms with Crippen LogP contribution in [0.25, 0.3) is 0 Å². The Balaban J connectivity index is 1.78. The minimum absolute atomic E-state index is 0.000365. The highest BCUT2D eigenvalue weighted by Crippen LogP contribution is 2.40. The third-order valence-electron chi connectivity index (χ3n) is 7.56. The SMILES string of the molecule is CCCCCCCCCCCCCCCC(=O)NC1(OOCC)C(CCCO)CCN1c1ccccc1. The molecule has 1 aromatic rings. The Morgan fingerprint density at radius 2 is 1.51 bits per heavy atom. The van der Waals surface area contributed by atoms with Crippen LogP contribution in [0.3, 0.4) is 0 Å². The zero-order chi connectivity index (χ0) is 26.6. The zero-order valence-electron chi connectivity index (χ0n) is 23.7. The first-order valence-corrected chi connectivity index (χ1v) is 15.2. The number of nitrogens with zero attached hydrogens (tertiary/aromatic N) is 1. The van der Waals surface area contributed by atoms with Crippen LogP contribution in [-0.2, 0) is 14.6 Å². The van der Waals surface area contributed by atoms with Crippen molar-refractivity contribution in [3.63, 3.8) is 0 Å². The molecule has 0 aliphatic carbocycles. The number of amides is 1. The summed E-state index contributed by atoms with van der Waals surface area (Å²) in [5.74, 6) is -1.03. The van der Waals surface area contributed by atoms with Crippen molar-refractivity contribution in [2.45, 2.75) is 129 Å². The summed E-state index contributed by atoms with van der Waals surface area (Å²) in [5, 5.41) is 12.7. The van der Waals surface area contributed by atoms with Crippen LogP contribution in [0.4, 0.5) is 5.69 Å². The summed E-state index contributed by atoms with van der Waals surface area (Å²) in [6.45, 7) is 5.43. The van der Waals surface area contributed by atoms with Crippen molar-refractivity contribution in [2.75, 3.05) is 24.7 Å². The highest BCUT2D eigenvalue weighted by Gasteiger charge is 2.52. The molecular weight excluding hydrogens is 464 g/mol. The summed E-state index contributed by atoms with van der Waals surface area (Å²) in [6, 6.07) is 10.1. The third-order valence-corrected chi connectivity index (χ3v) is 7.56. The van der Waals surface area contributed by atoms with Gasteiger partial charge in [0.1, 0.15) is 0 Å². The topological polar surface area (TPSA) is 71.0 Å². The van der Waals surface area contributed by atoms with Gasteiger partial charge in [0, 0.05) is 31.2 Å². The van der Waals surface area contributed by atoms with E-state index in [1.165, 1.54) is 70.6 Å². The lowest BCUT2D eigenvalue weighted by Crippen LogP contribution is -2.63. The van der Waals surface area contributed by atoms with Gasteiger partial charge in [-0.1, -0.05) is 102 Å². The predicted octanol–water partition coefficient (Wildman–Crippen LogP) is 7.50. The van der Waals surface area contributed by atoms with E-state index >= 15 is 0 Å². The Kier molecular flexibility index (Phi) is 16.6. The summed E-state index contributed by atoms with van der Waals surface area (Å²) >= 11 is 0. The molecule has 6 nitrogen and oxygen atoms in total. The Labute approximate surface area is 226 Å². The summed E-state index contributed by atoms with van der Waals surface area (Å²) in [5.41, 5.74) is 0.995. The van der Waals surface area contributed by atoms with Crippen LogP contribution >= 0.6 is 0 Å². The van der Waals surface area contributed by atoms with Crippen LogP contribution in [0, 0.1) is 5.92 Å².